The van der Waals surface area contributed by atoms with Gasteiger partial charge in [-0.2, -0.15) is 4.31 Å². The summed E-state index contributed by atoms with van der Waals surface area (Å²) < 4.78 is 42.0. The summed E-state index contributed by atoms with van der Waals surface area (Å²) in [6.07, 6.45) is -0.879. The number of rotatable bonds is 16. The van der Waals surface area contributed by atoms with E-state index in [1.807, 2.05) is 74.5 Å². The van der Waals surface area contributed by atoms with E-state index >= 15 is 0 Å². The number of hydrogen-bond donors (Lipinski definition) is 1. The molecule has 1 heterocycles. The highest BCUT2D eigenvalue weighted by molar-refractivity contribution is 7.89. The number of hydrogen-bond acceptors (Lipinski definition) is 10. The molecule has 12 nitrogen and oxygen atoms in total. The standard InChI is InChI=1S/C40H52N4O8S2Si/c1-28(2)25-43(54(49,50)33-22-19-31(20-23-33)44(47)48)34(27-52-55(7,8)40(3,4)5)35-24-21-32(53-35)26-42(39(46)51-6)38(45)37(41)36(29-15-11-9-12-16-29)30-17-13-10-14-18-30/h9-24,28,34,36-37H,25-27,41H2,1-8H3/t34-,37+/m1/s1. The number of sulfonamides is 1. The first-order valence-electron chi connectivity index (χ1n) is 18.0. The molecule has 2 atom stereocenters. The molecule has 2 amide bonds. The third-order valence-corrected chi connectivity index (χ3v) is 17.5. The summed E-state index contributed by atoms with van der Waals surface area (Å²) in [5, 5.41) is 11.2. The van der Waals surface area contributed by atoms with Gasteiger partial charge >= 0.3 is 6.09 Å². The fourth-order valence-corrected chi connectivity index (χ4v) is 9.78. The second-order valence-electron chi connectivity index (χ2n) is 15.3. The van der Waals surface area contributed by atoms with Crippen molar-refractivity contribution in [2.24, 2.45) is 11.7 Å². The molecule has 0 fully saturated rings. The number of nitrogens with zero attached hydrogens (tertiary/aromatic N) is 3. The predicted octanol–water partition coefficient (Wildman–Crippen LogP) is 8.32. The van der Waals surface area contributed by atoms with E-state index in [-0.39, 0.29) is 41.2 Å². The molecule has 0 aliphatic heterocycles. The Balaban J connectivity index is 1.75. The van der Waals surface area contributed by atoms with Crippen molar-refractivity contribution in [3.05, 3.63) is 128 Å². The Kier molecular flexibility index (Phi) is 14.3. The van der Waals surface area contributed by atoms with Crippen LogP contribution in [0, 0.1) is 16.0 Å². The van der Waals surface area contributed by atoms with E-state index < -0.39 is 53.3 Å². The maximum atomic E-state index is 14.4. The van der Waals surface area contributed by atoms with Crippen molar-refractivity contribution < 1.29 is 32.1 Å². The van der Waals surface area contributed by atoms with E-state index in [1.165, 1.54) is 47.0 Å². The summed E-state index contributed by atoms with van der Waals surface area (Å²) in [7, 11) is -5.41. The molecule has 55 heavy (non-hydrogen) atoms. The minimum absolute atomic E-state index is 0.0374. The number of nitrogens with two attached hydrogens (primary N) is 1. The summed E-state index contributed by atoms with van der Waals surface area (Å²) in [5.41, 5.74) is 8.13. The number of carbonyl (C=O) groups excluding carboxylic acids is 2. The van der Waals surface area contributed by atoms with Gasteiger partial charge in [-0.25, -0.2) is 18.1 Å². The molecule has 0 saturated carbocycles. The molecule has 0 saturated heterocycles. The molecule has 4 aromatic rings. The molecular weight excluding hydrogens is 757 g/mol. The summed E-state index contributed by atoms with van der Waals surface area (Å²) in [5.74, 6) is -1.30. The Morgan fingerprint density at radius 3 is 1.93 bits per heavy atom. The zero-order valence-electron chi connectivity index (χ0n) is 32.7. The van der Waals surface area contributed by atoms with Gasteiger partial charge in [0.1, 0.15) is 0 Å². The van der Waals surface area contributed by atoms with Gasteiger partial charge in [-0.05, 0) is 59.4 Å². The normalized spacial score (nSPS) is 13.5. The van der Waals surface area contributed by atoms with E-state index in [9.17, 15) is 28.1 Å². The lowest BCUT2D eigenvalue weighted by molar-refractivity contribution is -0.384. The molecule has 4 rings (SSSR count). The largest absolute Gasteiger partial charge is 0.452 e. The maximum Gasteiger partial charge on any atom is 0.416 e. The number of nitro groups is 1. The lowest BCUT2D eigenvalue weighted by Gasteiger charge is -2.39. The highest BCUT2D eigenvalue weighted by atomic mass is 32.2. The van der Waals surface area contributed by atoms with Crippen molar-refractivity contribution in [1.29, 1.82) is 0 Å². The van der Waals surface area contributed by atoms with E-state index in [4.69, 9.17) is 14.9 Å². The molecule has 0 unspecified atom stereocenters. The van der Waals surface area contributed by atoms with Crippen molar-refractivity contribution in [2.45, 2.75) is 82.2 Å². The molecular formula is C40H52N4O8S2Si. The van der Waals surface area contributed by atoms with Gasteiger partial charge in [-0.15, -0.1) is 11.3 Å². The molecule has 1 aromatic heterocycles. The first kappa shape index (κ1) is 43.5. The van der Waals surface area contributed by atoms with Crippen LogP contribution in [0.3, 0.4) is 0 Å². The Hall–Kier alpha value is -4.25. The molecule has 0 aliphatic rings. The van der Waals surface area contributed by atoms with Gasteiger partial charge in [-0.3, -0.25) is 14.9 Å². The van der Waals surface area contributed by atoms with Crippen LogP contribution in [0.2, 0.25) is 18.1 Å². The summed E-state index contributed by atoms with van der Waals surface area (Å²) in [6, 6.07) is 25.2. The van der Waals surface area contributed by atoms with E-state index in [0.717, 1.165) is 16.0 Å². The number of ether oxygens (including phenoxy) is 1. The monoisotopic (exact) mass is 808 g/mol. The van der Waals surface area contributed by atoms with Crippen molar-refractivity contribution in [1.82, 2.24) is 9.21 Å². The summed E-state index contributed by atoms with van der Waals surface area (Å²) >= 11 is 1.26. The SMILES string of the molecule is COC(=O)N(Cc1ccc([C@@H](CO[Si](C)(C)C(C)(C)C)N(CC(C)C)S(=O)(=O)c2ccc([N+](=O)[O-])cc2)s1)C(=O)[C@@H](N)C(c1ccccc1)c1ccccc1. The average molecular weight is 809 g/mol. The molecule has 0 bridgehead atoms. The molecule has 15 heteroatoms. The van der Waals surface area contributed by atoms with Crippen LogP contribution in [0.4, 0.5) is 10.5 Å². The van der Waals surface area contributed by atoms with Crippen molar-refractivity contribution >= 4 is 47.4 Å². The highest BCUT2D eigenvalue weighted by Crippen LogP contribution is 2.40. The average Bonchev–Trinajstić information content (AvgIpc) is 3.61. The molecule has 3 aromatic carbocycles. The van der Waals surface area contributed by atoms with E-state index in [2.05, 4.69) is 33.9 Å². The lowest BCUT2D eigenvalue weighted by atomic mass is 9.85. The number of non-ortho nitro benzene ring substituents is 1. The number of carbonyl (C=O) groups is 2. The number of amides is 2. The topological polar surface area (TPSA) is 162 Å². The third-order valence-electron chi connectivity index (χ3n) is 9.90. The van der Waals surface area contributed by atoms with Crippen molar-refractivity contribution in [3.63, 3.8) is 0 Å². The van der Waals surface area contributed by atoms with Gasteiger partial charge in [0.25, 0.3) is 5.69 Å². The number of thiophene rings is 1. The molecule has 0 aliphatic carbocycles. The fraction of sp³-hybridized carbons (Fsp3) is 0.400. The van der Waals surface area contributed by atoms with Crippen LogP contribution in [0.15, 0.2) is 102 Å². The quantitative estimate of drug-likeness (QED) is 0.0666. The number of methoxy groups -OCH3 is 1. The van der Waals surface area contributed by atoms with Gasteiger partial charge in [0, 0.05) is 34.3 Å². The van der Waals surface area contributed by atoms with Crippen LogP contribution in [0.5, 0.6) is 0 Å². The predicted molar refractivity (Wildman–Crippen MR) is 218 cm³/mol. The summed E-state index contributed by atoms with van der Waals surface area (Å²) in [4.78, 5) is 40.4. The second-order valence-corrected chi connectivity index (χ2v) is 23.2. The van der Waals surface area contributed by atoms with Gasteiger partial charge in [0.15, 0.2) is 8.32 Å². The Bertz CT molecular complexity index is 1980. The number of benzene rings is 3. The van der Waals surface area contributed by atoms with Crippen LogP contribution < -0.4 is 5.73 Å². The Morgan fingerprint density at radius 2 is 1.45 bits per heavy atom. The first-order chi connectivity index (χ1) is 25.8. The number of nitro benzene ring substituents is 1. The van der Waals surface area contributed by atoms with Crippen LogP contribution in [-0.4, -0.2) is 69.2 Å². The van der Waals surface area contributed by atoms with E-state index in [0.29, 0.717) is 9.75 Å². The zero-order chi connectivity index (χ0) is 40.7. The highest BCUT2D eigenvalue weighted by Gasteiger charge is 2.41. The third kappa shape index (κ3) is 10.5. The Labute approximate surface area is 329 Å². The second kappa shape index (κ2) is 18.1. The maximum absolute atomic E-state index is 14.4. The van der Waals surface area contributed by atoms with E-state index in [1.54, 1.807) is 12.1 Å². The van der Waals surface area contributed by atoms with Crippen molar-refractivity contribution in [3.8, 4) is 0 Å². The molecule has 296 valence electrons. The minimum atomic E-state index is -4.21. The van der Waals surface area contributed by atoms with Crippen LogP contribution in [-0.2, 0) is 30.5 Å². The zero-order valence-corrected chi connectivity index (χ0v) is 35.3. The number of imide groups is 1. The van der Waals surface area contributed by atoms with Gasteiger partial charge in [-0.1, -0.05) is 95.3 Å². The smallest absolute Gasteiger partial charge is 0.416 e. The molecule has 2 N–H and O–H groups in total. The first-order valence-corrected chi connectivity index (χ1v) is 23.2. The van der Waals surface area contributed by atoms with Crippen LogP contribution in [0.1, 0.15) is 67.5 Å². The van der Waals surface area contributed by atoms with Crippen molar-refractivity contribution in [2.75, 3.05) is 20.3 Å². The summed E-state index contributed by atoms with van der Waals surface area (Å²) in [6.45, 7) is 14.3. The Morgan fingerprint density at radius 1 is 0.909 bits per heavy atom. The molecule has 0 spiro atoms. The van der Waals surface area contributed by atoms with Gasteiger partial charge in [0.2, 0.25) is 15.9 Å². The van der Waals surface area contributed by atoms with Gasteiger partial charge in [0.05, 0.1) is 42.2 Å². The lowest BCUT2D eigenvalue weighted by Crippen LogP contribution is -2.49. The van der Waals surface area contributed by atoms with Gasteiger partial charge < -0.3 is 14.9 Å². The fourth-order valence-electron chi connectivity index (χ4n) is 5.85. The minimum Gasteiger partial charge on any atom is -0.452 e. The van der Waals surface area contributed by atoms with Crippen LogP contribution >= 0.6 is 11.3 Å². The van der Waals surface area contributed by atoms with Crippen LogP contribution in [0.25, 0.3) is 0 Å². The molecule has 0 radical (unpaired) electrons.